The van der Waals surface area contributed by atoms with Crippen LogP contribution in [0.4, 0.5) is 0 Å². The van der Waals surface area contributed by atoms with E-state index in [1.54, 1.807) is 0 Å². The number of aromatic nitrogens is 2. The van der Waals surface area contributed by atoms with Crippen molar-refractivity contribution in [3.63, 3.8) is 0 Å². The highest BCUT2D eigenvalue weighted by Gasteiger charge is 2.43. The van der Waals surface area contributed by atoms with Crippen molar-refractivity contribution in [2.75, 3.05) is 0 Å². The number of rotatable bonds is 5. The highest BCUT2D eigenvalue weighted by atomic mass is 32.1. The number of nitrogens with zero attached hydrogens (tertiary/aromatic N) is 2. The zero-order chi connectivity index (χ0) is 36.3. The Morgan fingerprint density at radius 2 is 0.945 bits per heavy atom. The second kappa shape index (κ2) is 13.0. The number of hydrogen-bond donors (Lipinski definition) is 0. The fourth-order valence-electron chi connectivity index (χ4n) is 9.49. The van der Waals surface area contributed by atoms with Gasteiger partial charge in [0.2, 0.25) is 0 Å². The molecule has 262 valence electrons. The minimum absolute atomic E-state index is 0.167. The van der Waals surface area contributed by atoms with Gasteiger partial charge in [-0.05, 0) is 69.5 Å². The minimum atomic E-state index is 0.167. The molecular weight excluding hydrogens is 685 g/mol. The zero-order valence-electron chi connectivity index (χ0n) is 30.5. The number of fused-ring (bicyclic) bond motifs is 8. The van der Waals surface area contributed by atoms with Gasteiger partial charge in [0, 0.05) is 42.3 Å². The van der Waals surface area contributed by atoms with Crippen LogP contribution in [0.3, 0.4) is 0 Å². The summed E-state index contributed by atoms with van der Waals surface area (Å²) in [6.07, 6.45) is 6.46. The molecule has 0 atom stereocenters. The molecule has 1 fully saturated rings. The summed E-state index contributed by atoms with van der Waals surface area (Å²) in [6.45, 7) is 0. The van der Waals surface area contributed by atoms with Gasteiger partial charge in [0.05, 0.1) is 11.4 Å². The topological polar surface area (TPSA) is 25.8 Å². The summed E-state index contributed by atoms with van der Waals surface area (Å²) in [5, 5.41) is 2.55. The first-order valence-corrected chi connectivity index (χ1v) is 20.3. The molecule has 0 radical (unpaired) electrons. The lowest BCUT2D eigenvalue weighted by atomic mass is 9.68. The van der Waals surface area contributed by atoms with Crippen molar-refractivity contribution >= 4 is 31.5 Å². The molecule has 11 rings (SSSR count). The Morgan fingerprint density at radius 1 is 0.382 bits per heavy atom. The maximum absolute atomic E-state index is 5.26. The fraction of sp³-hybridized carbons (Fsp3) is 0.115. The molecule has 2 heterocycles. The van der Waals surface area contributed by atoms with Gasteiger partial charge in [-0.1, -0.05) is 177 Å². The van der Waals surface area contributed by atoms with Crippen LogP contribution in [0.15, 0.2) is 170 Å². The van der Waals surface area contributed by atoms with Gasteiger partial charge in [-0.2, -0.15) is 0 Å². The van der Waals surface area contributed by atoms with Gasteiger partial charge in [-0.25, -0.2) is 9.97 Å². The Kier molecular flexibility index (Phi) is 7.63. The molecule has 1 saturated carbocycles. The molecule has 2 aromatic heterocycles. The fourth-order valence-corrected chi connectivity index (χ4v) is 10.8. The molecule has 0 bridgehead atoms. The second-order valence-corrected chi connectivity index (χ2v) is 16.2. The average Bonchev–Trinajstić information content (AvgIpc) is 3.78. The maximum Gasteiger partial charge on any atom is 0.160 e. The lowest BCUT2D eigenvalue weighted by Gasteiger charge is -2.36. The summed E-state index contributed by atoms with van der Waals surface area (Å²) in [6, 6.07) is 61.9. The Bertz CT molecular complexity index is 2880. The van der Waals surface area contributed by atoms with Gasteiger partial charge in [0.15, 0.2) is 5.82 Å². The summed E-state index contributed by atoms with van der Waals surface area (Å²) >= 11 is 1.89. The van der Waals surface area contributed by atoms with Gasteiger partial charge in [0.25, 0.3) is 0 Å². The SMILES string of the molecule is c1ccc(-c2ccc(-c3cc(-c4cccc5c4sc4c(-c6ccc7c(c6)-c6ccccc6C76CCCCC6)cccc45)nc(-c4ccccc4)n3)cc2)cc1. The van der Waals surface area contributed by atoms with E-state index < -0.39 is 0 Å². The van der Waals surface area contributed by atoms with Crippen LogP contribution in [0, 0.1) is 0 Å². The average molecular weight is 723 g/mol. The molecule has 2 aliphatic rings. The van der Waals surface area contributed by atoms with Gasteiger partial charge in [-0.15, -0.1) is 11.3 Å². The third kappa shape index (κ3) is 5.29. The van der Waals surface area contributed by atoms with Crippen molar-refractivity contribution in [1.29, 1.82) is 0 Å². The van der Waals surface area contributed by atoms with E-state index >= 15 is 0 Å². The quantitative estimate of drug-likeness (QED) is 0.177. The van der Waals surface area contributed by atoms with Crippen LogP contribution in [-0.2, 0) is 5.41 Å². The number of hydrogen-bond acceptors (Lipinski definition) is 3. The molecule has 55 heavy (non-hydrogen) atoms. The smallest absolute Gasteiger partial charge is 0.160 e. The van der Waals surface area contributed by atoms with Gasteiger partial charge in [0.1, 0.15) is 0 Å². The van der Waals surface area contributed by atoms with E-state index in [-0.39, 0.29) is 5.41 Å². The van der Waals surface area contributed by atoms with Crippen molar-refractivity contribution in [1.82, 2.24) is 9.97 Å². The Morgan fingerprint density at radius 3 is 1.71 bits per heavy atom. The molecule has 2 aliphatic carbocycles. The van der Waals surface area contributed by atoms with Crippen LogP contribution in [0.25, 0.3) is 87.5 Å². The third-order valence-corrected chi connectivity index (χ3v) is 13.4. The molecule has 0 N–H and O–H groups in total. The summed E-state index contributed by atoms with van der Waals surface area (Å²) < 4.78 is 2.57. The van der Waals surface area contributed by atoms with E-state index in [1.165, 1.54) is 96.8 Å². The lowest BCUT2D eigenvalue weighted by molar-refractivity contribution is 0.353. The normalized spacial score (nSPS) is 14.3. The van der Waals surface area contributed by atoms with Crippen molar-refractivity contribution in [3.8, 4) is 67.3 Å². The standard InChI is InChI=1S/C52H38N2S/c1-4-14-34(15-5-1)35-24-26-36(27-25-35)47-33-48(54-51(53-47)37-16-6-2-7-17-37)43-22-13-21-42-41-20-12-19-39(49(41)55-50(42)43)38-28-29-46-44(32-38)40-18-8-9-23-45(40)52(46)30-10-3-11-31-52/h1-2,4-9,12-29,32-33H,3,10-11,30-31H2. The van der Waals surface area contributed by atoms with Crippen LogP contribution in [0.5, 0.6) is 0 Å². The first kappa shape index (κ1) is 32.3. The van der Waals surface area contributed by atoms with E-state index in [4.69, 9.17) is 9.97 Å². The molecule has 1 spiro atoms. The van der Waals surface area contributed by atoms with Crippen LogP contribution in [0.2, 0.25) is 0 Å². The first-order valence-electron chi connectivity index (χ1n) is 19.5. The Labute approximate surface area is 325 Å². The van der Waals surface area contributed by atoms with Crippen LogP contribution in [-0.4, -0.2) is 9.97 Å². The molecule has 0 unspecified atom stereocenters. The van der Waals surface area contributed by atoms with E-state index in [2.05, 4.69) is 164 Å². The largest absolute Gasteiger partial charge is 0.228 e. The Balaban J connectivity index is 1.05. The lowest BCUT2D eigenvalue weighted by Crippen LogP contribution is -2.27. The van der Waals surface area contributed by atoms with Crippen LogP contribution < -0.4 is 0 Å². The maximum atomic E-state index is 5.26. The van der Waals surface area contributed by atoms with E-state index in [0.717, 1.165) is 33.9 Å². The van der Waals surface area contributed by atoms with Crippen molar-refractivity contribution in [2.45, 2.75) is 37.5 Å². The van der Waals surface area contributed by atoms with Crippen LogP contribution >= 0.6 is 11.3 Å². The first-order chi connectivity index (χ1) is 27.2. The number of thiophene rings is 1. The minimum Gasteiger partial charge on any atom is -0.228 e. The van der Waals surface area contributed by atoms with E-state index in [1.807, 2.05) is 17.4 Å². The predicted molar refractivity (Wildman–Crippen MR) is 231 cm³/mol. The molecule has 0 saturated heterocycles. The monoisotopic (exact) mass is 722 g/mol. The summed E-state index contributed by atoms with van der Waals surface area (Å²) in [4.78, 5) is 10.4. The van der Waals surface area contributed by atoms with Gasteiger partial charge >= 0.3 is 0 Å². The molecule has 0 amide bonds. The van der Waals surface area contributed by atoms with E-state index in [0.29, 0.717) is 0 Å². The van der Waals surface area contributed by atoms with Gasteiger partial charge in [-0.3, -0.25) is 0 Å². The second-order valence-electron chi connectivity index (χ2n) is 15.2. The molecule has 0 aliphatic heterocycles. The highest BCUT2D eigenvalue weighted by Crippen LogP contribution is 2.56. The van der Waals surface area contributed by atoms with Crippen molar-refractivity contribution in [2.24, 2.45) is 0 Å². The Hall–Kier alpha value is -6.16. The molecule has 9 aromatic rings. The van der Waals surface area contributed by atoms with Crippen LogP contribution in [0.1, 0.15) is 43.2 Å². The third-order valence-electron chi connectivity index (χ3n) is 12.1. The van der Waals surface area contributed by atoms with Gasteiger partial charge < -0.3 is 0 Å². The summed E-state index contributed by atoms with van der Waals surface area (Å²) in [5.41, 5.74) is 16.1. The van der Waals surface area contributed by atoms with Crippen molar-refractivity contribution < 1.29 is 0 Å². The summed E-state index contributed by atoms with van der Waals surface area (Å²) in [5.74, 6) is 0.730. The van der Waals surface area contributed by atoms with E-state index in [9.17, 15) is 0 Å². The molecule has 7 aromatic carbocycles. The molecular formula is C52H38N2S. The number of benzene rings is 7. The molecule has 2 nitrogen and oxygen atoms in total. The summed E-state index contributed by atoms with van der Waals surface area (Å²) in [7, 11) is 0. The highest BCUT2D eigenvalue weighted by molar-refractivity contribution is 7.26. The van der Waals surface area contributed by atoms with Crippen molar-refractivity contribution in [3.05, 3.63) is 181 Å². The molecule has 3 heteroatoms. The zero-order valence-corrected chi connectivity index (χ0v) is 31.3. The predicted octanol–water partition coefficient (Wildman–Crippen LogP) is 14.4.